The minimum absolute atomic E-state index is 0.117. The Bertz CT molecular complexity index is 265. The van der Waals surface area contributed by atoms with Gasteiger partial charge in [0.25, 0.3) is 5.12 Å². The third-order valence-corrected chi connectivity index (χ3v) is 3.26. The van der Waals surface area contributed by atoms with Crippen LogP contribution in [0.2, 0.25) is 0 Å². The van der Waals surface area contributed by atoms with Gasteiger partial charge in [-0.1, -0.05) is 11.8 Å². The van der Waals surface area contributed by atoms with Crippen LogP contribution in [0, 0.1) is 0 Å². The third kappa shape index (κ3) is 6.93. The van der Waals surface area contributed by atoms with Gasteiger partial charge < -0.3 is 4.74 Å². The average molecular weight is 334 g/mol. The molecule has 0 heterocycles. The van der Waals surface area contributed by atoms with Crippen molar-refractivity contribution in [2.75, 3.05) is 6.26 Å². The van der Waals surface area contributed by atoms with E-state index in [2.05, 4.69) is 9.47 Å². The van der Waals surface area contributed by atoms with Gasteiger partial charge in [-0.15, -0.1) is 13.2 Å². The minimum Gasteiger partial charge on any atom is -0.356 e. The van der Waals surface area contributed by atoms with Crippen molar-refractivity contribution in [1.29, 1.82) is 0 Å². The quantitative estimate of drug-likeness (QED) is 0.491. The van der Waals surface area contributed by atoms with Crippen LogP contribution in [0.3, 0.4) is 0 Å². The van der Waals surface area contributed by atoms with Crippen LogP contribution in [0.5, 0.6) is 0 Å². The molecule has 0 aromatic rings. The lowest BCUT2D eigenvalue weighted by atomic mass is 10.5. The first-order chi connectivity index (χ1) is 8.56. The van der Waals surface area contributed by atoms with Gasteiger partial charge in [-0.05, 0) is 20.1 Å². The van der Waals surface area contributed by atoms with E-state index < -0.39 is 41.8 Å². The molecule has 0 fully saturated rings. The Hall–Kier alpha value is 0.160. The highest BCUT2D eigenvalue weighted by molar-refractivity contribution is 8.01. The van der Waals surface area contributed by atoms with Crippen LogP contribution in [-0.2, 0) is 14.2 Å². The van der Waals surface area contributed by atoms with Crippen LogP contribution in [-0.4, -0.2) is 35.9 Å². The molecule has 0 radical (unpaired) electrons. The van der Waals surface area contributed by atoms with Crippen molar-refractivity contribution in [2.24, 2.45) is 0 Å². The van der Waals surface area contributed by atoms with Crippen molar-refractivity contribution in [3.8, 4) is 0 Å². The first-order valence-electron chi connectivity index (χ1n) is 4.77. The predicted molar refractivity (Wildman–Crippen MR) is 59.2 cm³/mol. The molecule has 2 atom stereocenters. The summed E-state index contributed by atoms with van der Waals surface area (Å²) in [5, 5.41) is -3.05. The fraction of sp³-hybridized carbons (Fsp3) is 1.00. The number of rotatable bonds is 8. The third-order valence-electron chi connectivity index (χ3n) is 1.56. The van der Waals surface area contributed by atoms with Crippen molar-refractivity contribution >= 4 is 23.9 Å². The lowest BCUT2D eigenvalue weighted by molar-refractivity contribution is -0.418. The molecule has 0 aliphatic carbocycles. The van der Waals surface area contributed by atoms with E-state index >= 15 is 0 Å². The Kier molecular flexibility index (Phi) is 7.88. The molecule has 0 amide bonds. The zero-order chi connectivity index (χ0) is 15.3. The highest BCUT2D eigenvalue weighted by Crippen LogP contribution is 2.43. The molecular weight excluding hydrogens is 322 g/mol. The van der Waals surface area contributed by atoms with E-state index in [9.17, 15) is 25.8 Å². The van der Waals surface area contributed by atoms with Gasteiger partial charge >= 0.3 is 13.0 Å². The molecule has 3 nitrogen and oxygen atoms in total. The van der Waals surface area contributed by atoms with Gasteiger partial charge in [0.2, 0.25) is 0 Å². The molecule has 2 unspecified atom stereocenters. The van der Waals surface area contributed by atoms with Gasteiger partial charge in [0, 0.05) is 0 Å². The largest absolute Gasteiger partial charge is 0.525 e. The number of halogens is 6. The van der Waals surface area contributed by atoms with Crippen LogP contribution in [0.1, 0.15) is 13.8 Å². The maximum atomic E-state index is 12.7. The SMILES string of the molecule is CSC(OC(F)F)(OC(F)(F)F)C(OC(C)C)SF. The maximum absolute atomic E-state index is 12.7. The molecular formula is C8H12F6O3S2. The summed E-state index contributed by atoms with van der Waals surface area (Å²) < 4.78 is 86.2. The fourth-order valence-corrected chi connectivity index (χ4v) is 2.47. The van der Waals surface area contributed by atoms with E-state index in [0.717, 1.165) is 6.26 Å². The molecule has 0 saturated heterocycles. The van der Waals surface area contributed by atoms with E-state index in [1.807, 2.05) is 0 Å². The maximum Gasteiger partial charge on any atom is 0.525 e. The van der Waals surface area contributed by atoms with Gasteiger partial charge in [0.05, 0.1) is 18.3 Å². The first-order valence-corrected chi connectivity index (χ1v) is 6.77. The molecule has 0 saturated carbocycles. The van der Waals surface area contributed by atoms with Crippen molar-refractivity contribution in [3.63, 3.8) is 0 Å². The summed E-state index contributed by atoms with van der Waals surface area (Å²) in [4.78, 5) is 0. The van der Waals surface area contributed by atoms with Crippen molar-refractivity contribution < 1.29 is 40.0 Å². The van der Waals surface area contributed by atoms with Crippen molar-refractivity contribution in [2.45, 2.75) is 43.5 Å². The lowest BCUT2D eigenvalue weighted by Crippen LogP contribution is -2.49. The summed E-state index contributed by atoms with van der Waals surface area (Å²) in [7, 11) is 0. The van der Waals surface area contributed by atoms with E-state index in [1.165, 1.54) is 13.8 Å². The lowest BCUT2D eigenvalue weighted by Gasteiger charge is -2.36. The number of thioether (sulfide) groups is 1. The van der Waals surface area contributed by atoms with E-state index in [-0.39, 0.29) is 11.8 Å². The van der Waals surface area contributed by atoms with Gasteiger partial charge in [0.1, 0.15) is 0 Å². The fourth-order valence-electron chi connectivity index (χ4n) is 1.01. The molecule has 0 aromatic heterocycles. The van der Waals surface area contributed by atoms with Crippen molar-refractivity contribution in [1.82, 2.24) is 0 Å². The normalized spacial score (nSPS) is 17.8. The van der Waals surface area contributed by atoms with Crippen molar-refractivity contribution in [3.05, 3.63) is 0 Å². The molecule has 0 aromatic carbocycles. The molecule has 116 valence electrons. The summed E-state index contributed by atoms with van der Waals surface area (Å²) in [5.74, 6) is 0. The molecule has 0 spiro atoms. The zero-order valence-electron chi connectivity index (χ0n) is 10.0. The summed E-state index contributed by atoms with van der Waals surface area (Å²) >= 11 is -0.597. The molecule has 0 aliphatic heterocycles. The second-order valence-electron chi connectivity index (χ2n) is 3.34. The average Bonchev–Trinajstić information content (AvgIpc) is 2.21. The summed E-state index contributed by atoms with van der Waals surface area (Å²) in [5.41, 5.74) is -2.04. The molecule has 0 bridgehead atoms. The van der Waals surface area contributed by atoms with E-state index in [0.29, 0.717) is 0 Å². The summed E-state index contributed by atoms with van der Waals surface area (Å²) in [6.45, 7) is -0.811. The Morgan fingerprint density at radius 2 is 1.63 bits per heavy atom. The first kappa shape index (κ1) is 19.2. The number of hydrogen-bond donors (Lipinski definition) is 0. The number of hydrogen-bond acceptors (Lipinski definition) is 5. The molecule has 0 rings (SSSR count). The Morgan fingerprint density at radius 1 is 1.11 bits per heavy atom. The second kappa shape index (κ2) is 7.81. The molecule has 11 heteroatoms. The van der Waals surface area contributed by atoms with E-state index in [4.69, 9.17) is 4.74 Å². The predicted octanol–water partition coefficient (Wildman–Crippen LogP) is 4.15. The highest BCUT2D eigenvalue weighted by atomic mass is 32.2. The summed E-state index contributed by atoms with van der Waals surface area (Å²) in [6, 6.07) is 0. The van der Waals surface area contributed by atoms with Crippen LogP contribution in [0.4, 0.5) is 25.8 Å². The zero-order valence-corrected chi connectivity index (χ0v) is 11.7. The Labute approximate surface area is 114 Å². The van der Waals surface area contributed by atoms with Gasteiger partial charge in [-0.3, -0.25) is 4.74 Å². The Morgan fingerprint density at radius 3 is 1.89 bits per heavy atom. The second-order valence-corrected chi connectivity index (χ2v) is 4.92. The smallest absolute Gasteiger partial charge is 0.356 e. The molecule has 19 heavy (non-hydrogen) atoms. The standard InChI is InChI=1S/C8H12F6O3S2/c1-4(2)15-5(19-14)7(18-3,16-6(9)10)17-8(11,12)13/h4-6H,1-3H3. The van der Waals surface area contributed by atoms with Gasteiger partial charge in [0.15, 0.2) is 5.44 Å². The number of ether oxygens (including phenoxy) is 3. The van der Waals surface area contributed by atoms with Crippen LogP contribution >= 0.6 is 23.9 Å². The van der Waals surface area contributed by atoms with Gasteiger partial charge in [-0.2, -0.15) is 12.7 Å². The molecule has 0 aliphatic rings. The highest BCUT2D eigenvalue weighted by Gasteiger charge is 2.53. The van der Waals surface area contributed by atoms with Crippen LogP contribution in [0.25, 0.3) is 0 Å². The van der Waals surface area contributed by atoms with Crippen LogP contribution in [0.15, 0.2) is 0 Å². The minimum atomic E-state index is -5.30. The summed E-state index contributed by atoms with van der Waals surface area (Å²) in [6.07, 6.45) is -5.02. The Balaban J connectivity index is 5.28. The topological polar surface area (TPSA) is 27.7 Å². The van der Waals surface area contributed by atoms with E-state index in [1.54, 1.807) is 0 Å². The molecule has 0 N–H and O–H groups in total. The number of alkyl halides is 5. The monoisotopic (exact) mass is 334 g/mol. The van der Waals surface area contributed by atoms with Gasteiger partial charge in [-0.25, -0.2) is 4.74 Å². The van der Waals surface area contributed by atoms with Crippen LogP contribution < -0.4 is 0 Å².